The van der Waals surface area contributed by atoms with E-state index >= 15 is 0 Å². The Bertz CT molecular complexity index is 173. The second kappa shape index (κ2) is 2.77. The van der Waals surface area contributed by atoms with Crippen LogP contribution in [0.25, 0.3) is 0 Å². The second-order valence-corrected chi connectivity index (χ2v) is 5.02. The molecular formula is C8H14BrNO. The fraction of sp³-hybridized carbons (Fsp3) is 0.875. The predicted molar refractivity (Wildman–Crippen MR) is 48.8 cm³/mol. The number of carbonyl (C=O) groups excluding carboxylic acids is 1. The largest absolute Gasteiger partial charge is 0.337 e. The molecule has 0 radical (unpaired) electrons. The van der Waals surface area contributed by atoms with Crippen molar-refractivity contribution in [2.75, 3.05) is 6.54 Å². The summed E-state index contributed by atoms with van der Waals surface area (Å²) in [7, 11) is 0. The molecule has 64 valence electrons. The molecule has 1 rings (SSSR count). The van der Waals surface area contributed by atoms with E-state index in [1.165, 1.54) is 0 Å². The van der Waals surface area contributed by atoms with E-state index in [1.54, 1.807) is 0 Å². The summed E-state index contributed by atoms with van der Waals surface area (Å²) < 4.78 is 0. The lowest BCUT2D eigenvalue weighted by Gasteiger charge is -2.31. The summed E-state index contributed by atoms with van der Waals surface area (Å²) in [6, 6.07) is 0. The van der Waals surface area contributed by atoms with Crippen molar-refractivity contribution < 1.29 is 4.79 Å². The number of hydrogen-bond donors (Lipinski definition) is 0. The Hall–Kier alpha value is -0.0500. The van der Waals surface area contributed by atoms with Crippen LogP contribution < -0.4 is 0 Å². The van der Waals surface area contributed by atoms with Crippen molar-refractivity contribution in [3.05, 3.63) is 0 Å². The Morgan fingerprint density at radius 2 is 2.09 bits per heavy atom. The Balaban J connectivity index is 2.70. The van der Waals surface area contributed by atoms with Crippen LogP contribution in [0.1, 0.15) is 27.2 Å². The molecule has 2 nitrogen and oxygen atoms in total. The van der Waals surface area contributed by atoms with E-state index < -0.39 is 0 Å². The Kier molecular flexibility index (Phi) is 2.28. The van der Waals surface area contributed by atoms with Crippen LogP contribution in [0.2, 0.25) is 0 Å². The van der Waals surface area contributed by atoms with Crippen molar-refractivity contribution in [2.45, 2.75) is 37.6 Å². The predicted octanol–water partition coefficient (Wildman–Crippen LogP) is 1.78. The molecule has 1 saturated heterocycles. The van der Waals surface area contributed by atoms with E-state index in [0.717, 1.165) is 13.0 Å². The molecule has 1 aliphatic heterocycles. The average Bonchev–Trinajstić information content (AvgIpc) is 2.11. The number of halogens is 1. The van der Waals surface area contributed by atoms with Gasteiger partial charge in [-0.2, -0.15) is 0 Å². The summed E-state index contributed by atoms with van der Waals surface area (Å²) in [4.78, 5) is 13.4. The minimum absolute atomic E-state index is 0.0143. The fourth-order valence-electron chi connectivity index (χ4n) is 1.31. The third-order valence-electron chi connectivity index (χ3n) is 1.95. The van der Waals surface area contributed by atoms with E-state index in [9.17, 15) is 4.79 Å². The van der Waals surface area contributed by atoms with Crippen LogP contribution in [0.15, 0.2) is 0 Å². The number of hydrogen-bond acceptors (Lipinski definition) is 1. The van der Waals surface area contributed by atoms with Crippen molar-refractivity contribution in [1.29, 1.82) is 0 Å². The molecule has 0 aromatic heterocycles. The summed E-state index contributed by atoms with van der Waals surface area (Å²) in [5.41, 5.74) is -0.0143. The zero-order valence-electron chi connectivity index (χ0n) is 7.22. The van der Waals surface area contributed by atoms with Crippen LogP contribution in [-0.2, 0) is 4.79 Å². The lowest BCUT2D eigenvalue weighted by Crippen LogP contribution is -2.43. The number of carbonyl (C=O) groups is 1. The lowest BCUT2D eigenvalue weighted by atomic mass is 10.1. The maximum atomic E-state index is 11.4. The van der Waals surface area contributed by atoms with Gasteiger partial charge in [0, 0.05) is 12.1 Å². The van der Waals surface area contributed by atoms with Gasteiger partial charge in [-0.1, -0.05) is 15.9 Å². The molecular weight excluding hydrogens is 206 g/mol. The maximum Gasteiger partial charge on any atom is 0.236 e. The molecule has 11 heavy (non-hydrogen) atoms. The zero-order valence-corrected chi connectivity index (χ0v) is 8.81. The summed E-state index contributed by atoms with van der Waals surface area (Å²) in [6.45, 7) is 7.08. The van der Waals surface area contributed by atoms with Crippen LogP contribution in [0.5, 0.6) is 0 Å². The van der Waals surface area contributed by atoms with Gasteiger partial charge in [0.1, 0.15) is 0 Å². The Morgan fingerprint density at radius 3 is 2.27 bits per heavy atom. The molecule has 1 atom stereocenters. The van der Waals surface area contributed by atoms with E-state index in [-0.39, 0.29) is 16.3 Å². The molecule has 0 N–H and O–H groups in total. The van der Waals surface area contributed by atoms with Gasteiger partial charge in [0.25, 0.3) is 0 Å². The Morgan fingerprint density at radius 1 is 1.55 bits per heavy atom. The first kappa shape index (κ1) is 9.04. The molecule has 3 heteroatoms. The van der Waals surface area contributed by atoms with Crippen molar-refractivity contribution in [3.63, 3.8) is 0 Å². The minimum atomic E-state index is -0.0143. The van der Waals surface area contributed by atoms with Crippen molar-refractivity contribution in [2.24, 2.45) is 0 Å². The van der Waals surface area contributed by atoms with Crippen molar-refractivity contribution in [3.8, 4) is 0 Å². The van der Waals surface area contributed by atoms with E-state index in [2.05, 4.69) is 36.7 Å². The summed E-state index contributed by atoms with van der Waals surface area (Å²) in [6.07, 6.45) is 0.941. The Labute approximate surface area is 76.1 Å². The van der Waals surface area contributed by atoms with Gasteiger partial charge in [-0.15, -0.1) is 0 Å². The van der Waals surface area contributed by atoms with Crippen LogP contribution in [0, 0.1) is 0 Å². The van der Waals surface area contributed by atoms with Gasteiger partial charge in [0.15, 0.2) is 0 Å². The second-order valence-electron chi connectivity index (χ2n) is 3.92. The standard InChI is InChI=1S/C8H14BrNO/c1-8(2,3)10-5-4-6(9)7(10)11/h6H,4-5H2,1-3H3/t6-/m0/s1. The first-order valence-electron chi connectivity index (χ1n) is 3.88. The number of likely N-dealkylation sites (tertiary alicyclic amines) is 1. The molecule has 0 aliphatic carbocycles. The number of amides is 1. The first-order valence-corrected chi connectivity index (χ1v) is 4.80. The third-order valence-corrected chi connectivity index (χ3v) is 2.80. The molecule has 0 aromatic carbocycles. The minimum Gasteiger partial charge on any atom is -0.337 e. The highest BCUT2D eigenvalue weighted by atomic mass is 79.9. The molecule has 1 amide bonds. The summed E-state index contributed by atoms with van der Waals surface area (Å²) in [5, 5.41) is 0. The first-order chi connectivity index (χ1) is 4.93. The van der Waals surface area contributed by atoms with Gasteiger partial charge in [0.2, 0.25) is 5.91 Å². The van der Waals surface area contributed by atoms with Gasteiger partial charge < -0.3 is 4.90 Å². The van der Waals surface area contributed by atoms with Crippen molar-refractivity contribution >= 4 is 21.8 Å². The van der Waals surface area contributed by atoms with Crippen LogP contribution >= 0.6 is 15.9 Å². The van der Waals surface area contributed by atoms with E-state index in [1.807, 2.05) is 4.90 Å². The van der Waals surface area contributed by atoms with E-state index in [4.69, 9.17) is 0 Å². The SMILES string of the molecule is CC(C)(C)N1CC[C@H](Br)C1=O. The molecule has 0 unspecified atom stereocenters. The molecule has 0 aromatic rings. The molecule has 0 saturated carbocycles. The van der Waals surface area contributed by atoms with Gasteiger partial charge in [-0.05, 0) is 27.2 Å². The third kappa shape index (κ3) is 1.75. The zero-order chi connectivity index (χ0) is 8.65. The van der Waals surface area contributed by atoms with Crippen LogP contribution in [0.4, 0.5) is 0 Å². The highest BCUT2D eigenvalue weighted by molar-refractivity contribution is 9.10. The molecule has 1 fully saturated rings. The quantitative estimate of drug-likeness (QED) is 0.570. The van der Waals surface area contributed by atoms with Crippen molar-refractivity contribution in [1.82, 2.24) is 4.90 Å². The number of nitrogens with zero attached hydrogens (tertiary/aromatic N) is 1. The summed E-state index contributed by atoms with van der Waals surface area (Å²) >= 11 is 3.35. The number of alkyl halides is 1. The molecule has 0 spiro atoms. The van der Waals surface area contributed by atoms with E-state index in [0.29, 0.717) is 0 Å². The normalized spacial score (nSPS) is 26.4. The van der Waals surface area contributed by atoms with Crippen LogP contribution in [-0.4, -0.2) is 27.7 Å². The highest BCUT2D eigenvalue weighted by Gasteiger charge is 2.35. The topological polar surface area (TPSA) is 20.3 Å². The summed E-state index contributed by atoms with van der Waals surface area (Å²) in [5.74, 6) is 0.234. The highest BCUT2D eigenvalue weighted by Crippen LogP contribution is 2.25. The monoisotopic (exact) mass is 219 g/mol. The van der Waals surface area contributed by atoms with Gasteiger partial charge in [-0.25, -0.2) is 0 Å². The van der Waals surface area contributed by atoms with Gasteiger partial charge in [-0.3, -0.25) is 4.79 Å². The average molecular weight is 220 g/mol. The smallest absolute Gasteiger partial charge is 0.236 e. The fourth-order valence-corrected chi connectivity index (χ4v) is 1.76. The van der Waals surface area contributed by atoms with Crippen LogP contribution in [0.3, 0.4) is 0 Å². The van der Waals surface area contributed by atoms with Gasteiger partial charge >= 0.3 is 0 Å². The molecule has 1 heterocycles. The lowest BCUT2D eigenvalue weighted by molar-refractivity contribution is -0.131. The molecule has 0 bridgehead atoms. The number of rotatable bonds is 0. The maximum absolute atomic E-state index is 11.4. The van der Waals surface area contributed by atoms with Gasteiger partial charge in [0.05, 0.1) is 4.83 Å². The molecule has 1 aliphatic rings.